The van der Waals surface area contributed by atoms with E-state index in [0.29, 0.717) is 11.7 Å². The molecule has 0 radical (unpaired) electrons. The van der Waals surface area contributed by atoms with Gasteiger partial charge in [0.2, 0.25) is 5.91 Å². The van der Waals surface area contributed by atoms with Gasteiger partial charge in [0.05, 0.1) is 0 Å². The topological polar surface area (TPSA) is 46.2 Å². The van der Waals surface area contributed by atoms with E-state index in [9.17, 15) is 9.00 Å². The number of hydrogen-bond acceptors (Lipinski definition) is 2. The highest BCUT2D eigenvalue weighted by Crippen LogP contribution is 2.16. The van der Waals surface area contributed by atoms with Crippen molar-refractivity contribution >= 4 is 16.7 Å². The van der Waals surface area contributed by atoms with Crippen LogP contribution in [0, 0.1) is 0 Å². The predicted octanol–water partition coefficient (Wildman–Crippen LogP) is 3.36. The Hall–Kier alpha value is -1.16. The molecule has 0 fully saturated rings. The van der Waals surface area contributed by atoms with E-state index in [-0.39, 0.29) is 11.4 Å². The Morgan fingerprint density at radius 1 is 1.14 bits per heavy atom. The second-order valence-corrected chi connectivity index (χ2v) is 8.56. The Morgan fingerprint density at radius 2 is 1.67 bits per heavy atom. The standard InChI is InChI=1S/C17H27NO2S/c1-12(2)15-9-7-14(8-10-15)11-21(20)13(3)16(19)18-17(4,5)6/h7-10,12-13H,11H2,1-6H3,(H,18,19). The SMILES string of the molecule is CC(C)c1ccc(CS(=O)C(C)C(=O)NC(C)(C)C)cc1. The normalized spacial score (nSPS) is 14.8. The van der Waals surface area contributed by atoms with Crippen LogP contribution in [0.3, 0.4) is 0 Å². The third kappa shape index (κ3) is 6.00. The lowest BCUT2D eigenvalue weighted by Gasteiger charge is -2.23. The van der Waals surface area contributed by atoms with Gasteiger partial charge >= 0.3 is 0 Å². The molecule has 118 valence electrons. The molecule has 0 aromatic heterocycles. The molecule has 2 unspecified atom stereocenters. The number of nitrogens with one attached hydrogen (secondary N) is 1. The van der Waals surface area contributed by atoms with E-state index >= 15 is 0 Å². The number of rotatable bonds is 5. The lowest BCUT2D eigenvalue weighted by atomic mass is 10.0. The quantitative estimate of drug-likeness (QED) is 0.906. The summed E-state index contributed by atoms with van der Waals surface area (Å²) in [4.78, 5) is 12.0. The minimum absolute atomic E-state index is 0.153. The van der Waals surface area contributed by atoms with Crippen molar-refractivity contribution in [3.63, 3.8) is 0 Å². The molecule has 0 saturated heterocycles. The second kappa shape index (κ2) is 7.21. The molecule has 3 nitrogen and oxygen atoms in total. The van der Waals surface area contributed by atoms with Crippen LogP contribution >= 0.6 is 0 Å². The highest BCUT2D eigenvalue weighted by Gasteiger charge is 2.23. The van der Waals surface area contributed by atoms with Crippen LogP contribution in [0.5, 0.6) is 0 Å². The van der Waals surface area contributed by atoms with Crippen molar-refractivity contribution in [2.45, 2.75) is 64.0 Å². The Morgan fingerprint density at radius 3 is 2.10 bits per heavy atom. The maximum Gasteiger partial charge on any atom is 0.235 e. The van der Waals surface area contributed by atoms with E-state index in [0.717, 1.165) is 5.56 Å². The molecule has 2 atom stereocenters. The summed E-state index contributed by atoms with van der Waals surface area (Å²) < 4.78 is 12.3. The molecule has 1 rings (SSSR count). The molecule has 1 aromatic carbocycles. The number of amides is 1. The van der Waals surface area contributed by atoms with Crippen LogP contribution in [0.15, 0.2) is 24.3 Å². The zero-order valence-electron chi connectivity index (χ0n) is 13.9. The van der Waals surface area contributed by atoms with Gasteiger partial charge in [-0.1, -0.05) is 38.1 Å². The molecule has 0 bridgehead atoms. The predicted molar refractivity (Wildman–Crippen MR) is 89.7 cm³/mol. The Bertz CT molecular complexity index is 501. The van der Waals surface area contributed by atoms with Gasteiger partial charge < -0.3 is 5.32 Å². The molecule has 0 aliphatic heterocycles. The van der Waals surface area contributed by atoms with Crippen molar-refractivity contribution in [1.29, 1.82) is 0 Å². The maximum absolute atomic E-state index is 12.3. The minimum Gasteiger partial charge on any atom is -0.350 e. The number of benzene rings is 1. The van der Waals surface area contributed by atoms with E-state index in [4.69, 9.17) is 0 Å². The molecular weight excluding hydrogens is 282 g/mol. The third-order valence-electron chi connectivity index (χ3n) is 3.22. The monoisotopic (exact) mass is 309 g/mol. The van der Waals surface area contributed by atoms with Gasteiger partial charge in [-0.25, -0.2) is 0 Å². The summed E-state index contributed by atoms with van der Waals surface area (Å²) in [6, 6.07) is 8.14. The van der Waals surface area contributed by atoms with Crippen LogP contribution in [-0.4, -0.2) is 20.9 Å². The van der Waals surface area contributed by atoms with Gasteiger partial charge in [-0.05, 0) is 44.7 Å². The number of carbonyl (C=O) groups excluding carboxylic acids is 1. The first-order valence-corrected chi connectivity index (χ1v) is 8.76. The molecule has 0 aliphatic rings. The van der Waals surface area contributed by atoms with Crippen molar-refractivity contribution in [1.82, 2.24) is 5.32 Å². The summed E-state index contributed by atoms with van der Waals surface area (Å²) in [5.41, 5.74) is 1.98. The van der Waals surface area contributed by atoms with Gasteiger partial charge in [-0.15, -0.1) is 0 Å². The Balaban J connectivity index is 2.65. The van der Waals surface area contributed by atoms with Crippen LogP contribution in [0.25, 0.3) is 0 Å². The van der Waals surface area contributed by atoms with Gasteiger partial charge in [0.1, 0.15) is 5.25 Å². The first kappa shape index (κ1) is 17.9. The minimum atomic E-state index is -1.21. The van der Waals surface area contributed by atoms with Crippen LogP contribution in [-0.2, 0) is 21.3 Å². The molecule has 0 heterocycles. The third-order valence-corrected chi connectivity index (χ3v) is 4.84. The van der Waals surface area contributed by atoms with Gasteiger partial charge in [0, 0.05) is 22.1 Å². The molecule has 1 aromatic rings. The van der Waals surface area contributed by atoms with Crippen molar-refractivity contribution in [3.8, 4) is 0 Å². The van der Waals surface area contributed by atoms with Gasteiger partial charge in [0.15, 0.2) is 0 Å². The fraction of sp³-hybridized carbons (Fsp3) is 0.588. The summed E-state index contributed by atoms with van der Waals surface area (Å²) in [6.45, 7) is 11.8. The molecular formula is C17H27NO2S. The van der Waals surface area contributed by atoms with E-state index in [1.54, 1.807) is 6.92 Å². The molecule has 1 N–H and O–H groups in total. The largest absolute Gasteiger partial charge is 0.350 e. The molecule has 21 heavy (non-hydrogen) atoms. The van der Waals surface area contributed by atoms with Gasteiger partial charge in [-0.3, -0.25) is 9.00 Å². The lowest BCUT2D eigenvalue weighted by molar-refractivity contribution is -0.121. The summed E-state index contributed by atoms with van der Waals surface area (Å²) in [5.74, 6) is 0.748. The molecule has 1 amide bonds. The Kier molecular flexibility index (Phi) is 6.14. The van der Waals surface area contributed by atoms with E-state index in [1.165, 1.54) is 5.56 Å². The van der Waals surface area contributed by atoms with Gasteiger partial charge in [-0.2, -0.15) is 0 Å². The average Bonchev–Trinajstić information content (AvgIpc) is 2.36. The fourth-order valence-corrected chi connectivity index (χ4v) is 2.95. The summed E-state index contributed by atoms with van der Waals surface area (Å²) in [6.07, 6.45) is 0. The number of carbonyl (C=O) groups is 1. The smallest absolute Gasteiger partial charge is 0.235 e. The highest BCUT2D eigenvalue weighted by atomic mass is 32.2. The maximum atomic E-state index is 12.3. The van der Waals surface area contributed by atoms with Crippen molar-refractivity contribution in [3.05, 3.63) is 35.4 Å². The fourth-order valence-electron chi connectivity index (χ4n) is 1.88. The summed E-state index contributed by atoms with van der Waals surface area (Å²) in [5, 5.41) is 2.37. The molecule has 0 saturated carbocycles. The zero-order valence-corrected chi connectivity index (χ0v) is 14.7. The summed E-state index contributed by atoms with van der Waals surface area (Å²) >= 11 is 0. The highest BCUT2D eigenvalue weighted by molar-refractivity contribution is 7.85. The zero-order chi connectivity index (χ0) is 16.2. The van der Waals surface area contributed by atoms with Crippen LogP contribution in [0.2, 0.25) is 0 Å². The van der Waals surface area contributed by atoms with Gasteiger partial charge in [0.25, 0.3) is 0 Å². The van der Waals surface area contributed by atoms with Crippen molar-refractivity contribution in [2.75, 3.05) is 0 Å². The molecule has 4 heteroatoms. The van der Waals surface area contributed by atoms with Crippen molar-refractivity contribution < 1.29 is 9.00 Å². The molecule has 0 aliphatic carbocycles. The second-order valence-electron chi connectivity index (χ2n) is 6.80. The van der Waals surface area contributed by atoms with Crippen LogP contribution in [0.1, 0.15) is 58.6 Å². The van der Waals surface area contributed by atoms with Crippen LogP contribution in [0.4, 0.5) is 0 Å². The Labute approximate surface area is 131 Å². The van der Waals surface area contributed by atoms with E-state index in [2.05, 4.69) is 31.3 Å². The average molecular weight is 309 g/mol. The first-order valence-electron chi connectivity index (χ1n) is 7.38. The lowest BCUT2D eigenvalue weighted by Crippen LogP contribution is -2.46. The van der Waals surface area contributed by atoms with E-state index < -0.39 is 16.0 Å². The van der Waals surface area contributed by atoms with Crippen molar-refractivity contribution in [2.24, 2.45) is 0 Å². The van der Waals surface area contributed by atoms with E-state index in [1.807, 2.05) is 32.9 Å². The van der Waals surface area contributed by atoms with Crippen LogP contribution < -0.4 is 5.32 Å². The number of hydrogen-bond donors (Lipinski definition) is 1. The molecule has 0 spiro atoms. The summed E-state index contributed by atoms with van der Waals surface area (Å²) in [7, 11) is -1.21. The first-order chi connectivity index (χ1) is 9.60.